The Morgan fingerprint density at radius 2 is 1.46 bits per heavy atom. The van der Waals surface area contributed by atoms with Gasteiger partial charge in [-0.05, 0) is 36.4 Å². The third-order valence-electron chi connectivity index (χ3n) is 3.95. The van der Waals surface area contributed by atoms with Crippen LogP contribution in [-0.4, -0.2) is 16.5 Å². The molecule has 3 rings (SSSR count). The Hall–Kier alpha value is -2.82. The molecule has 0 spiro atoms. The molecule has 0 bridgehead atoms. The second-order valence-corrected chi connectivity index (χ2v) is 8.24. The van der Waals surface area contributed by atoms with Crippen molar-refractivity contribution < 1.29 is 9.49 Å². The molecule has 0 amide bonds. The Balaban J connectivity index is 2.07. The number of nitrogens with one attached hydrogen (secondary N) is 1. The first kappa shape index (κ1) is 18.0. The summed E-state index contributed by atoms with van der Waals surface area (Å²) in [6.45, 7) is -0.416. The van der Waals surface area contributed by atoms with E-state index in [1.165, 1.54) is 0 Å². The zero-order valence-electron chi connectivity index (χ0n) is 13.9. The van der Waals surface area contributed by atoms with E-state index in [1.54, 1.807) is 72.9 Å². The summed E-state index contributed by atoms with van der Waals surface area (Å²) in [6.07, 6.45) is 1.57. The first-order chi connectivity index (χ1) is 12.6. The Morgan fingerprint density at radius 1 is 0.923 bits per heavy atom. The molecule has 0 fully saturated rings. The van der Waals surface area contributed by atoms with Crippen molar-refractivity contribution in [1.82, 2.24) is 10.1 Å². The molecular formula is C19H18N3O3P. The van der Waals surface area contributed by atoms with Gasteiger partial charge in [0, 0.05) is 21.7 Å². The topological polar surface area (TPSA) is 85.1 Å². The van der Waals surface area contributed by atoms with Gasteiger partial charge in [0.15, 0.2) is 0 Å². The number of nitro groups is 1. The first-order valence-corrected chi connectivity index (χ1v) is 9.82. The lowest BCUT2D eigenvalue weighted by atomic mass is 10.2. The average molecular weight is 367 g/mol. The number of aromatic nitrogens is 1. The van der Waals surface area contributed by atoms with Crippen LogP contribution in [0.4, 0.5) is 0 Å². The third-order valence-corrected chi connectivity index (χ3v) is 6.68. The number of pyridine rings is 1. The largest absolute Gasteiger partial charge is 0.296 e. The van der Waals surface area contributed by atoms with Gasteiger partial charge in [-0.2, -0.15) is 0 Å². The van der Waals surface area contributed by atoms with Crippen molar-refractivity contribution in [3.8, 4) is 0 Å². The van der Waals surface area contributed by atoms with Gasteiger partial charge in [-0.25, -0.2) is 5.09 Å². The molecule has 1 heterocycles. The summed E-state index contributed by atoms with van der Waals surface area (Å²) < 4.78 is 14.0. The number of rotatable bonds is 7. The van der Waals surface area contributed by atoms with Crippen molar-refractivity contribution in [2.75, 3.05) is 6.54 Å². The molecule has 132 valence electrons. The highest BCUT2D eigenvalue weighted by atomic mass is 31.2. The molecule has 0 saturated heterocycles. The van der Waals surface area contributed by atoms with Gasteiger partial charge in [-0.1, -0.05) is 42.5 Å². The molecule has 7 heteroatoms. The number of hydrogen-bond acceptors (Lipinski definition) is 4. The van der Waals surface area contributed by atoms with E-state index in [2.05, 4.69) is 10.1 Å². The minimum Gasteiger partial charge on any atom is -0.296 e. The van der Waals surface area contributed by atoms with Crippen LogP contribution in [0.1, 0.15) is 11.7 Å². The van der Waals surface area contributed by atoms with Crippen LogP contribution in [-0.2, 0) is 4.57 Å². The predicted octanol–water partition coefficient (Wildman–Crippen LogP) is 2.92. The maximum Gasteiger partial charge on any atom is 0.225 e. The van der Waals surface area contributed by atoms with E-state index < -0.39 is 24.8 Å². The van der Waals surface area contributed by atoms with E-state index in [1.807, 2.05) is 12.1 Å². The molecule has 26 heavy (non-hydrogen) atoms. The van der Waals surface area contributed by atoms with Gasteiger partial charge < -0.3 is 0 Å². The maximum absolute atomic E-state index is 14.0. The summed E-state index contributed by atoms with van der Waals surface area (Å²) >= 11 is 0. The van der Waals surface area contributed by atoms with Crippen molar-refractivity contribution in [2.24, 2.45) is 0 Å². The maximum atomic E-state index is 14.0. The molecule has 2 aromatic carbocycles. The van der Waals surface area contributed by atoms with Gasteiger partial charge in [0.2, 0.25) is 13.8 Å². The Morgan fingerprint density at radius 3 is 1.92 bits per heavy atom. The normalized spacial score (nSPS) is 12.5. The van der Waals surface area contributed by atoms with Crippen LogP contribution >= 0.6 is 7.29 Å². The van der Waals surface area contributed by atoms with Crippen molar-refractivity contribution in [1.29, 1.82) is 0 Å². The number of hydrogen-bond donors (Lipinski definition) is 1. The van der Waals surface area contributed by atoms with Crippen molar-refractivity contribution in [2.45, 2.75) is 6.04 Å². The van der Waals surface area contributed by atoms with Gasteiger partial charge in [0.1, 0.15) is 6.04 Å². The zero-order valence-corrected chi connectivity index (χ0v) is 14.8. The van der Waals surface area contributed by atoms with E-state index in [0.717, 1.165) is 0 Å². The second kappa shape index (κ2) is 8.04. The Labute approximate surface area is 151 Å². The molecule has 1 N–H and O–H groups in total. The summed E-state index contributed by atoms with van der Waals surface area (Å²) in [7, 11) is -3.30. The van der Waals surface area contributed by atoms with Gasteiger partial charge in [0.25, 0.3) is 0 Å². The van der Waals surface area contributed by atoms with Crippen LogP contribution < -0.4 is 15.7 Å². The molecule has 6 nitrogen and oxygen atoms in total. The Kier molecular flexibility index (Phi) is 5.56. The highest BCUT2D eigenvalue weighted by Gasteiger charge is 2.33. The summed E-state index contributed by atoms with van der Waals surface area (Å²) in [4.78, 5) is 15.0. The van der Waals surface area contributed by atoms with Crippen LogP contribution in [0, 0.1) is 10.1 Å². The summed E-state index contributed by atoms with van der Waals surface area (Å²) in [5.74, 6) is 0. The summed E-state index contributed by atoms with van der Waals surface area (Å²) in [5, 5.41) is 15.4. The number of nitrogens with zero attached hydrogens (tertiary/aromatic N) is 2. The van der Waals surface area contributed by atoms with E-state index in [0.29, 0.717) is 16.3 Å². The summed E-state index contributed by atoms with van der Waals surface area (Å²) in [5.41, 5.74) is 0.483. The van der Waals surface area contributed by atoms with Crippen LogP contribution in [0.25, 0.3) is 0 Å². The fourth-order valence-electron chi connectivity index (χ4n) is 2.73. The summed E-state index contributed by atoms with van der Waals surface area (Å²) in [6, 6.07) is 22.4. The van der Waals surface area contributed by atoms with E-state index in [-0.39, 0.29) is 0 Å². The monoisotopic (exact) mass is 367 g/mol. The highest BCUT2D eigenvalue weighted by molar-refractivity contribution is 7.76. The van der Waals surface area contributed by atoms with Crippen LogP contribution in [0.2, 0.25) is 0 Å². The SMILES string of the molecule is O=[N+]([O-])C[C@@H](NP(=O)(c1ccccc1)c1ccccc1)c1ccccn1. The molecule has 0 radical (unpaired) electrons. The molecular weight excluding hydrogens is 349 g/mol. The molecule has 0 aliphatic carbocycles. The van der Waals surface area contributed by atoms with Crippen molar-refractivity contribution in [3.05, 3.63) is 101 Å². The van der Waals surface area contributed by atoms with Crippen molar-refractivity contribution in [3.63, 3.8) is 0 Å². The fraction of sp³-hybridized carbons (Fsp3) is 0.105. The van der Waals surface area contributed by atoms with E-state index in [4.69, 9.17) is 0 Å². The molecule has 0 saturated carbocycles. The standard InChI is InChI=1S/C19H18N3O3P/c23-22(24)15-19(18-13-7-8-14-20-18)21-26(25,16-9-3-1-4-10-16)17-11-5-2-6-12-17/h1-14,19H,15H2,(H,21,25)/t19-/m1/s1. The second-order valence-electron chi connectivity index (χ2n) is 5.73. The van der Waals surface area contributed by atoms with Gasteiger partial charge >= 0.3 is 0 Å². The molecule has 3 aromatic rings. The first-order valence-electron chi connectivity index (χ1n) is 8.11. The van der Waals surface area contributed by atoms with Crippen LogP contribution in [0.15, 0.2) is 85.1 Å². The zero-order chi connectivity index (χ0) is 18.4. The minimum atomic E-state index is -3.30. The molecule has 1 atom stereocenters. The third kappa shape index (κ3) is 4.04. The van der Waals surface area contributed by atoms with Crippen LogP contribution in [0.5, 0.6) is 0 Å². The van der Waals surface area contributed by atoms with Gasteiger partial charge in [-0.3, -0.25) is 19.7 Å². The van der Waals surface area contributed by atoms with Gasteiger partial charge in [-0.15, -0.1) is 0 Å². The molecule has 0 aliphatic heterocycles. The van der Waals surface area contributed by atoms with E-state index >= 15 is 0 Å². The molecule has 1 aromatic heterocycles. The minimum absolute atomic E-state index is 0.416. The number of benzene rings is 2. The lowest BCUT2D eigenvalue weighted by molar-refractivity contribution is -0.484. The lowest BCUT2D eigenvalue weighted by Crippen LogP contribution is -2.34. The fourth-order valence-corrected chi connectivity index (χ4v) is 5.16. The van der Waals surface area contributed by atoms with E-state index in [9.17, 15) is 14.7 Å². The quantitative estimate of drug-likeness (QED) is 0.394. The molecule has 0 unspecified atom stereocenters. The highest BCUT2D eigenvalue weighted by Crippen LogP contribution is 2.41. The smallest absolute Gasteiger partial charge is 0.225 e. The van der Waals surface area contributed by atoms with Gasteiger partial charge in [0.05, 0.1) is 5.69 Å². The molecule has 0 aliphatic rings. The lowest BCUT2D eigenvalue weighted by Gasteiger charge is -2.24. The Bertz CT molecular complexity index is 862. The average Bonchev–Trinajstić information content (AvgIpc) is 2.69. The van der Waals surface area contributed by atoms with Crippen LogP contribution in [0.3, 0.4) is 0 Å². The van der Waals surface area contributed by atoms with Crippen molar-refractivity contribution >= 4 is 17.9 Å². The predicted molar refractivity (Wildman–Crippen MR) is 102 cm³/mol.